The first-order valence-electron chi connectivity index (χ1n) is 10.7. The summed E-state index contributed by atoms with van der Waals surface area (Å²) in [6.07, 6.45) is 0.767. The summed E-state index contributed by atoms with van der Waals surface area (Å²) in [4.78, 5) is 24.5. The van der Waals surface area contributed by atoms with E-state index in [0.29, 0.717) is 29.6 Å². The monoisotopic (exact) mass is 510 g/mol. The zero-order valence-electron chi connectivity index (χ0n) is 18.6. The minimum absolute atomic E-state index is 0.234. The maximum absolute atomic E-state index is 12.4. The van der Waals surface area contributed by atoms with Crippen LogP contribution in [-0.4, -0.2) is 25.0 Å². The SMILES string of the molecule is CC(C)c1ccc(OCC(=O)NNC(=O)c2cccc(OCCc3ccccc3)c2)c(Br)c1. The van der Waals surface area contributed by atoms with Gasteiger partial charge in [0.1, 0.15) is 11.5 Å². The van der Waals surface area contributed by atoms with Crippen LogP contribution in [0.1, 0.15) is 41.3 Å². The predicted octanol–water partition coefficient (Wildman–Crippen LogP) is 5.03. The Morgan fingerprint density at radius 1 is 0.909 bits per heavy atom. The molecule has 0 aliphatic carbocycles. The molecule has 0 spiro atoms. The molecule has 3 rings (SSSR count). The van der Waals surface area contributed by atoms with Gasteiger partial charge >= 0.3 is 0 Å². The van der Waals surface area contributed by atoms with Gasteiger partial charge in [0.05, 0.1) is 11.1 Å². The first kappa shape index (κ1) is 24.3. The van der Waals surface area contributed by atoms with Gasteiger partial charge in [0.25, 0.3) is 11.8 Å². The molecule has 0 radical (unpaired) electrons. The summed E-state index contributed by atoms with van der Waals surface area (Å²) in [6, 6.07) is 22.6. The van der Waals surface area contributed by atoms with Gasteiger partial charge in [0, 0.05) is 12.0 Å². The minimum Gasteiger partial charge on any atom is -0.493 e. The number of rotatable bonds is 9. The summed E-state index contributed by atoms with van der Waals surface area (Å²) in [5, 5.41) is 0. The topological polar surface area (TPSA) is 76.7 Å². The van der Waals surface area contributed by atoms with Crippen LogP contribution in [0.15, 0.2) is 77.3 Å². The average Bonchev–Trinajstić information content (AvgIpc) is 2.82. The van der Waals surface area contributed by atoms with Crippen LogP contribution in [-0.2, 0) is 11.2 Å². The van der Waals surface area contributed by atoms with E-state index in [1.807, 2.05) is 48.5 Å². The molecule has 7 heteroatoms. The number of amides is 2. The molecule has 2 amide bonds. The number of carbonyl (C=O) groups is 2. The fourth-order valence-electron chi connectivity index (χ4n) is 3.03. The normalized spacial score (nSPS) is 10.5. The van der Waals surface area contributed by atoms with Gasteiger partial charge in [-0.3, -0.25) is 20.4 Å². The van der Waals surface area contributed by atoms with E-state index in [2.05, 4.69) is 40.6 Å². The number of halogens is 1. The Morgan fingerprint density at radius 2 is 1.70 bits per heavy atom. The molecule has 0 saturated carbocycles. The minimum atomic E-state index is -0.474. The Bertz CT molecular complexity index is 1090. The third-order valence-corrected chi connectivity index (χ3v) is 5.52. The number of ether oxygens (including phenoxy) is 2. The first-order valence-corrected chi connectivity index (χ1v) is 11.5. The lowest BCUT2D eigenvalue weighted by Crippen LogP contribution is -2.43. The van der Waals surface area contributed by atoms with E-state index in [9.17, 15) is 9.59 Å². The summed E-state index contributed by atoms with van der Waals surface area (Å²) in [6.45, 7) is 4.47. The highest BCUT2D eigenvalue weighted by Gasteiger charge is 2.11. The van der Waals surface area contributed by atoms with Crippen LogP contribution in [0.3, 0.4) is 0 Å². The number of benzene rings is 3. The number of hydrogen-bond donors (Lipinski definition) is 2. The number of nitrogens with one attached hydrogen (secondary N) is 2. The highest BCUT2D eigenvalue weighted by molar-refractivity contribution is 9.10. The van der Waals surface area contributed by atoms with Gasteiger partial charge in [-0.25, -0.2) is 0 Å². The molecule has 0 unspecified atom stereocenters. The summed E-state index contributed by atoms with van der Waals surface area (Å²) >= 11 is 3.46. The maximum Gasteiger partial charge on any atom is 0.276 e. The number of hydrazine groups is 1. The molecule has 0 bridgehead atoms. The maximum atomic E-state index is 12.4. The summed E-state index contributed by atoms with van der Waals surface area (Å²) < 4.78 is 12.1. The zero-order chi connectivity index (χ0) is 23.6. The van der Waals surface area contributed by atoms with Crippen LogP contribution in [0.4, 0.5) is 0 Å². The van der Waals surface area contributed by atoms with Crippen molar-refractivity contribution in [2.45, 2.75) is 26.2 Å². The van der Waals surface area contributed by atoms with E-state index >= 15 is 0 Å². The van der Waals surface area contributed by atoms with Gasteiger partial charge in [-0.05, 0) is 63.3 Å². The lowest BCUT2D eigenvalue weighted by molar-refractivity contribution is -0.123. The standard InChI is InChI=1S/C26H27BrN2O4/c1-18(2)20-11-12-24(23(27)16-20)33-17-25(30)28-29-26(31)21-9-6-10-22(15-21)32-14-13-19-7-4-3-5-8-19/h3-12,15-16,18H,13-14,17H2,1-2H3,(H,28,30)(H,29,31). The van der Waals surface area contributed by atoms with E-state index in [1.54, 1.807) is 24.3 Å². The Kier molecular flexibility index (Phi) is 8.89. The first-order chi connectivity index (χ1) is 15.9. The third kappa shape index (κ3) is 7.64. The van der Waals surface area contributed by atoms with E-state index in [4.69, 9.17) is 9.47 Å². The fourth-order valence-corrected chi connectivity index (χ4v) is 3.54. The Morgan fingerprint density at radius 3 is 2.42 bits per heavy atom. The van der Waals surface area contributed by atoms with Crippen LogP contribution in [0.5, 0.6) is 11.5 Å². The molecular weight excluding hydrogens is 484 g/mol. The lowest BCUT2D eigenvalue weighted by Gasteiger charge is -2.12. The molecule has 0 heterocycles. The second kappa shape index (κ2) is 12.1. The quantitative estimate of drug-likeness (QED) is 0.395. The lowest BCUT2D eigenvalue weighted by atomic mass is 10.0. The molecule has 0 atom stereocenters. The molecule has 0 saturated heterocycles. The van der Waals surface area contributed by atoms with Gasteiger partial charge < -0.3 is 9.47 Å². The van der Waals surface area contributed by atoms with Gasteiger partial charge in [-0.15, -0.1) is 0 Å². The van der Waals surface area contributed by atoms with Crippen LogP contribution < -0.4 is 20.3 Å². The van der Waals surface area contributed by atoms with Crippen molar-refractivity contribution in [3.05, 3.63) is 94.0 Å². The molecule has 3 aromatic rings. The van der Waals surface area contributed by atoms with Crippen molar-refractivity contribution in [2.24, 2.45) is 0 Å². The van der Waals surface area contributed by atoms with E-state index in [0.717, 1.165) is 16.5 Å². The second-order valence-corrected chi connectivity index (χ2v) is 8.60. The third-order valence-electron chi connectivity index (χ3n) is 4.90. The van der Waals surface area contributed by atoms with Crippen molar-refractivity contribution in [3.63, 3.8) is 0 Å². The zero-order valence-corrected chi connectivity index (χ0v) is 20.2. The fraction of sp³-hybridized carbons (Fsp3) is 0.231. The van der Waals surface area contributed by atoms with Gasteiger partial charge in [-0.1, -0.05) is 56.3 Å². The molecule has 2 N–H and O–H groups in total. The Labute approximate surface area is 202 Å². The molecular formula is C26H27BrN2O4. The molecule has 33 heavy (non-hydrogen) atoms. The summed E-state index contributed by atoms with van der Waals surface area (Å²) in [7, 11) is 0. The van der Waals surface area contributed by atoms with Gasteiger partial charge in [0.2, 0.25) is 0 Å². The highest BCUT2D eigenvalue weighted by atomic mass is 79.9. The largest absolute Gasteiger partial charge is 0.493 e. The predicted molar refractivity (Wildman–Crippen MR) is 131 cm³/mol. The molecule has 3 aromatic carbocycles. The van der Waals surface area contributed by atoms with Crippen molar-refractivity contribution in [1.82, 2.24) is 10.9 Å². The van der Waals surface area contributed by atoms with Gasteiger partial charge in [0.15, 0.2) is 6.61 Å². The molecule has 0 aromatic heterocycles. The van der Waals surface area contributed by atoms with Crippen LogP contribution >= 0.6 is 15.9 Å². The highest BCUT2D eigenvalue weighted by Crippen LogP contribution is 2.28. The van der Waals surface area contributed by atoms with Gasteiger partial charge in [-0.2, -0.15) is 0 Å². The molecule has 0 aliphatic heterocycles. The average molecular weight is 511 g/mol. The smallest absolute Gasteiger partial charge is 0.276 e. The van der Waals surface area contributed by atoms with Crippen molar-refractivity contribution < 1.29 is 19.1 Å². The van der Waals surface area contributed by atoms with E-state index in [-0.39, 0.29) is 6.61 Å². The molecule has 0 fully saturated rings. The second-order valence-electron chi connectivity index (χ2n) is 7.75. The Balaban J connectivity index is 1.44. The van der Waals surface area contributed by atoms with Crippen LogP contribution in [0, 0.1) is 0 Å². The van der Waals surface area contributed by atoms with Crippen molar-refractivity contribution >= 4 is 27.7 Å². The number of hydrogen-bond acceptors (Lipinski definition) is 4. The van der Waals surface area contributed by atoms with E-state index < -0.39 is 11.8 Å². The summed E-state index contributed by atoms with van der Waals surface area (Å²) in [5.41, 5.74) is 7.48. The van der Waals surface area contributed by atoms with Crippen molar-refractivity contribution in [1.29, 1.82) is 0 Å². The molecule has 0 aliphatic rings. The summed E-state index contributed by atoms with van der Waals surface area (Å²) in [5.74, 6) is 0.614. The van der Waals surface area contributed by atoms with Crippen LogP contribution in [0.2, 0.25) is 0 Å². The molecule has 6 nitrogen and oxygen atoms in total. The molecule has 172 valence electrons. The van der Waals surface area contributed by atoms with Crippen LogP contribution in [0.25, 0.3) is 0 Å². The number of carbonyl (C=O) groups excluding carboxylic acids is 2. The Hall–Kier alpha value is -3.32. The van der Waals surface area contributed by atoms with Crippen molar-refractivity contribution in [2.75, 3.05) is 13.2 Å². The van der Waals surface area contributed by atoms with Crippen molar-refractivity contribution in [3.8, 4) is 11.5 Å². The van der Waals surface area contributed by atoms with E-state index in [1.165, 1.54) is 5.56 Å².